The molecule has 3 nitrogen and oxygen atoms in total. The number of aryl methyl sites for hydroxylation is 1. The smallest absolute Gasteiger partial charge is 0.0707 e. The first kappa shape index (κ1) is 15.5. The minimum atomic E-state index is 0.397. The van der Waals surface area contributed by atoms with Crippen LogP contribution in [-0.4, -0.2) is 43.8 Å². The summed E-state index contributed by atoms with van der Waals surface area (Å²) in [4.78, 5) is 2.37. The molecule has 1 aliphatic rings. The van der Waals surface area contributed by atoms with Crippen molar-refractivity contribution in [1.29, 1.82) is 0 Å². The normalized spacial score (nSPS) is 22.6. The Hall–Kier alpha value is -0.900. The third kappa shape index (κ3) is 4.89. The summed E-state index contributed by atoms with van der Waals surface area (Å²) in [5.74, 6) is 0. The van der Waals surface area contributed by atoms with Crippen molar-refractivity contribution in [3.63, 3.8) is 0 Å². The molecule has 0 saturated carbocycles. The van der Waals surface area contributed by atoms with E-state index in [9.17, 15) is 0 Å². The standard InChI is InChI=1S/C17H28N2O/c1-4-18-11-16-8-9-17(20-16)13-19(3)12-15-7-5-6-14(2)10-15/h5-7,10,16-18H,4,8-9,11-13H2,1-3H3. The fraction of sp³-hybridized carbons (Fsp3) is 0.647. The molecule has 0 radical (unpaired) electrons. The van der Waals surface area contributed by atoms with E-state index in [2.05, 4.69) is 55.4 Å². The fourth-order valence-electron chi connectivity index (χ4n) is 2.90. The molecule has 1 saturated heterocycles. The van der Waals surface area contributed by atoms with Gasteiger partial charge in [0, 0.05) is 19.6 Å². The minimum absolute atomic E-state index is 0.397. The van der Waals surface area contributed by atoms with E-state index >= 15 is 0 Å². The zero-order valence-corrected chi connectivity index (χ0v) is 13.1. The second kappa shape index (κ2) is 7.77. The summed E-state index contributed by atoms with van der Waals surface area (Å²) >= 11 is 0. The molecule has 2 unspecified atom stereocenters. The van der Waals surface area contributed by atoms with Crippen LogP contribution >= 0.6 is 0 Å². The number of hydrogen-bond donors (Lipinski definition) is 1. The van der Waals surface area contributed by atoms with E-state index in [-0.39, 0.29) is 0 Å². The molecule has 1 N–H and O–H groups in total. The summed E-state index contributed by atoms with van der Waals surface area (Å²) < 4.78 is 6.09. The SMILES string of the molecule is CCNCC1CCC(CN(C)Cc2cccc(C)c2)O1. The highest BCUT2D eigenvalue weighted by Crippen LogP contribution is 2.20. The van der Waals surface area contributed by atoms with Gasteiger partial charge in [-0.2, -0.15) is 0 Å². The molecule has 0 aliphatic carbocycles. The number of nitrogens with one attached hydrogen (secondary N) is 1. The van der Waals surface area contributed by atoms with Crippen molar-refractivity contribution < 1.29 is 4.74 Å². The first-order valence-corrected chi connectivity index (χ1v) is 7.77. The zero-order chi connectivity index (χ0) is 14.4. The average Bonchev–Trinajstić information content (AvgIpc) is 2.83. The van der Waals surface area contributed by atoms with Gasteiger partial charge in [0.2, 0.25) is 0 Å². The molecular formula is C17H28N2O. The number of hydrogen-bond acceptors (Lipinski definition) is 3. The molecule has 0 spiro atoms. The molecule has 20 heavy (non-hydrogen) atoms. The highest BCUT2D eigenvalue weighted by Gasteiger charge is 2.25. The third-order valence-electron chi connectivity index (χ3n) is 3.87. The second-order valence-electron chi connectivity index (χ2n) is 5.95. The molecule has 3 heteroatoms. The van der Waals surface area contributed by atoms with Crippen LogP contribution in [-0.2, 0) is 11.3 Å². The maximum Gasteiger partial charge on any atom is 0.0707 e. The maximum atomic E-state index is 6.09. The van der Waals surface area contributed by atoms with Gasteiger partial charge in [-0.25, -0.2) is 0 Å². The molecule has 0 aromatic heterocycles. The van der Waals surface area contributed by atoms with Crippen LogP contribution in [0, 0.1) is 6.92 Å². The monoisotopic (exact) mass is 276 g/mol. The minimum Gasteiger partial charge on any atom is -0.372 e. The summed E-state index contributed by atoms with van der Waals surface area (Å²) in [5, 5.41) is 3.37. The van der Waals surface area contributed by atoms with Gasteiger partial charge in [0.05, 0.1) is 12.2 Å². The number of benzene rings is 1. The molecule has 0 amide bonds. The van der Waals surface area contributed by atoms with Gasteiger partial charge in [-0.15, -0.1) is 0 Å². The van der Waals surface area contributed by atoms with Crippen LogP contribution in [0.2, 0.25) is 0 Å². The Morgan fingerprint density at radius 3 is 2.85 bits per heavy atom. The van der Waals surface area contributed by atoms with Crippen molar-refractivity contribution in [2.24, 2.45) is 0 Å². The summed E-state index contributed by atoms with van der Waals surface area (Å²) in [7, 11) is 2.18. The van der Waals surface area contributed by atoms with E-state index in [4.69, 9.17) is 4.74 Å². The van der Waals surface area contributed by atoms with E-state index in [1.165, 1.54) is 24.0 Å². The molecular weight excluding hydrogens is 248 g/mol. The van der Waals surface area contributed by atoms with E-state index in [0.29, 0.717) is 12.2 Å². The Balaban J connectivity index is 1.74. The van der Waals surface area contributed by atoms with Crippen molar-refractivity contribution in [1.82, 2.24) is 10.2 Å². The number of nitrogens with zero attached hydrogens (tertiary/aromatic N) is 1. The van der Waals surface area contributed by atoms with Gasteiger partial charge in [-0.05, 0) is 38.9 Å². The van der Waals surface area contributed by atoms with Crippen LogP contribution in [0.25, 0.3) is 0 Å². The molecule has 1 heterocycles. The quantitative estimate of drug-likeness (QED) is 0.828. The largest absolute Gasteiger partial charge is 0.372 e. The Morgan fingerprint density at radius 2 is 2.10 bits per heavy atom. The number of ether oxygens (including phenoxy) is 1. The lowest BCUT2D eigenvalue weighted by Gasteiger charge is -2.21. The van der Waals surface area contributed by atoms with Crippen molar-refractivity contribution in [3.8, 4) is 0 Å². The van der Waals surface area contributed by atoms with Gasteiger partial charge >= 0.3 is 0 Å². The maximum absolute atomic E-state index is 6.09. The van der Waals surface area contributed by atoms with Gasteiger partial charge < -0.3 is 10.1 Å². The molecule has 0 bridgehead atoms. The lowest BCUT2D eigenvalue weighted by atomic mass is 10.1. The Labute approximate surface area is 123 Å². The summed E-state index contributed by atoms with van der Waals surface area (Å²) in [6.07, 6.45) is 3.19. The Morgan fingerprint density at radius 1 is 1.30 bits per heavy atom. The predicted molar refractivity (Wildman–Crippen MR) is 84.0 cm³/mol. The summed E-state index contributed by atoms with van der Waals surface area (Å²) in [6.45, 7) is 8.33. The molecule has 1 aromatic rings. The molecule has 1 fully saturated rings. The lowest BCUT2D eigenvalue weighted by molar-refractivity contribution is 0.0270. The van der Waals surface area contributed by atoms with Gasteiger partial charge in [0.15, 0.2) is 0 Å². The van der Waals surface area contributed by atoms with Crippen LogP contribution in [0.4, 0.5) is 0 Å². The lowest BCUT2D eigenvalue weighted by Crippen LogP contribution is -2.31. The molecule has 2 rings (SSSR count). The van der Waals surface area contributed by atoms with E-state index in [1.807, 2.05) is 0 Å². The Kier molecular flexibility index (Phi) is 6.02. The van der Waals surface area contributed by atoms with Crippen LogP contribution in [0.5, 0.6) is 0 Å². The summed E-state index contributed by atoms with van der Waals surface area (Å²) in [6, 6.07) is 8.75. The highest BCUT2D eigenvalue weighted by atomic mass is 16.5. The summed E-state index contributed by atoms with van der Waals surface area (Å²) in [5.41, 5.74) is 2.72. The highest BCUT2D eigenvalue weighted by molar-refractivity contribution is 5.21. The van der Waals surface area contributed by atoms with Crippen LogP contribution in [0.1, 0.15) is 30.9 Å². The van der Waals surface area contributed by atoms with Crippen molar-refractivity contribution in [3.05, 3.63) is 35.4 Å². The zero-order valence-electron chi connectivity index (χ0n) is 13.1. The molecule has 1 aromatic carbocycles. The van der Waals surface area contributed by atoms with E-state index in [0.717, 1.165) is 26.2 Å². The first-order chi connectivity index (χ1) is 9.67. The molecule has 112 valence electrons. The topological polar surface area (TPSA) is 24.5 Å². The molecule has 1 aliphatic heterocycles. The Bertz CT molecular complexity index is 408. The predicted octanol–water partition coefficient (Wildman–Crippen LogP) is 2.58. The van der Waals surface area contributed by atoms with E-state index in [1.54, 1.807) is 0 Å². The van der Waals surface area contributed by atoms with Crippen LogP contribution in [0.15, 0.2) is 24.3 Å². The second-order valence-corrected chi connectivity index (χ2v) is 5.95. The van der Waals surface area contributed by atoms with Gasteiger partial charge in [0.1, 0.15) is 0 Å². The van der Waals surface area contributed by atoms with Gasteiger partial charge in [0.25, 0.3) is 0 Å². The number of rotatable bonds is 7. The van der Waals surface area contributed by atoms with Crippen molar-refractivity contribution in [2.75, 3.05) is 26.7 Å². The van der Waals surface area contributed by atoms with Crippen molar-refractivity contribution in [2.45, 2.75) is 45.4 Å². The van der Waals surface area contributed by atoms with Crippen molar-refractivity contribution >= 4 is 0 Å². The van der Waals surface area contributed by atoms with Crippen LogP contribution in [0.3, 0.4) is 0 Å². The fourth-order valence-corrected chi connectivity index (χ4v) is 2.90. The average molecular weight is 276 g/mol. The van der Waals surface area contributed by atoms with E-state index < -0.39 is 0 Å². The first-order valence-electron chi connectivity index (χ1n) is 7.77. The van der Waals surface area contributed by atoms with Gasteiger partial charge in [-0.3, -0.25) is 4.90 Å². The third-order valence-corrected chi connectivity index (χ3v) is 3.87. The molecule has 2 atom stereocenters. The number of likely N-dealkylation sites (N-methyl/N-ethyl adjacent to an activating group) is 2. The van der Waals surface area contributed by atoms with Crippen LogP contribution < -0.4 is 5.32 Å². The van der Waals surface area contributed by atoms with Gasteiger partial charge in [-0.1, -0.05) is 36.8 Å².